The number of hydrogen-bond donors (Lipinski definition) is 0. The third kappa shape index (κ3) is 1.83. The van der Waals surface area contributed by atoms with Gasteiger partial charge in [-0.2, -0.15) is 4.98 Å². The van der Waals surface area contributed by atoms with E-state index in [9.17, 15) is 0 Å². The van der Waals surface area contributed by atoms with Crippen molar-refractivity contribution >= 4 is 34.2 Å². The second kappa shape index (κ2) is 3.63. The molecule has 1 aromatic carbocycles. The Morgan fingerprint density at radius 1 is 1.38 bits per heavy atom. The molecule has 0 spiro atoms. The fraction of sp³-hybridized carbons (Fsp3) is 0. The zero-order valence-electron chi connectivity index (χ0n) is 6.37. The first-order valence-corrected chi connectivity index (χ1v) is 4.95. The monoisotopic (exact) mass is 306 g/mol. The fourth-order valence-corrected chi connectivity index (χ4v) is 1.57. The molecule has 5 heteroatoms. The van der Waals surface area contributed by atoms with Crippen molar-refractivity contribution in [3.8, 4) is 11.4 Å². The second-order valence-corrected chi connectivity index (χ2v) is 3.95. The maximum Gasteiger partial charge on any atom is 0.214 e. The van der Waals surface area contributed by atoms with Crippen LogP contribution in [-0.2, 0) is 0 Å². The second-order valence-electron chi connectivity index (χ2n) is 2.38. The molecule has 0 aliphatic heterocycles. The molecule has 0 fully saturated rings. The van der Waals surface area contributed by atoms with Gasteiger partial charge in [0.15, 0.2) is 0 Å². The van der Waals surface area contributed by atoms with Crippen LogP contribution in [0, 0.1) is 3.57 Å². The van der Waals surface area contributed by atoms with Crippen molar-refractivity contribution in [2.45, 2.75) is 0 Å². The summed E-state index contributed by atoms with van der Waals surface area (Å²) in [6, 6.07) is 5.58. The number of hydrogen-bond acceptors (Lipinski definition) is 3. The van der Waals surface area contributed by atoms with Gasteiger partial charge in [0.05, 0.1) is 5.02 Å². The Balaban J connectivity index is 2.49. The van der Waals surface area contributed by atoms with Crippen LogP contribution in [0.5, 0.6) is 0 Å². The van der Waals surface area contributed by atoms with Gasteiger partial charge in [0.25, 0.3) is 0 Å². The van der Waals surface area contributed by atoms with Gasteiger partial charge in [-0.1, -0.05) is 16.8 Å². The Kier molecular flexibility index (Phi) is 2.50. The third-order valence-corrected chi connectivity index (χ3v) is 3.08. The van der Waals surface area contributed by atoms with Gasteiger partial charge in [-0.15, -0.1) is 0 Å². The smallest absolute Gasteiger partial charge is 0.214 e. The average Bonchev–Trinajstić information content (AvgIpc) is 2.62. The van der Waals surface area contributed by atoms with E-state index in [4.69, 9.17) is 11.6 Å². The first-order chi connectivity index (χ1) is 6.27. The van der Waals surface area contributed by atoms with Gasteiger partial charge < -0.3 is 4.52 Å². The highest BCUT2D eigenvalue weighted by Crippen LogP contribution is 2.23. The van der Waals surface area contributed by atoms with E-state index in [1.165, 1.54) is 6.39 Å². The van der Waals surface area contributed by atoms with Gasteiger partial charge in [0.2, 0.25) is 12.2 Å². The molecule has 2 aromatic rings. The van der Waals surface area contributed by atoms with E-state index in [2.05, 4.69) is 37.3 Å². The van der Waals surface area contributed by atoms with Crippen LogP contribution >= 0.6 is 34.2 Å². The van der Waals surface area contributed by atoms with Crippen molar-refractivity contribution in [2.24, 2.45) is 0 Å². The highest BCUT2D eigenvalue weighted by atomic mass is 127. The standard InChI is InChI=1S/C8H4ClIN2O/c9-6-2-1-5(3-7(6)10)8-11-4-13-12-8/h1-4H. The summed E-state index contributed by atoms with van der Waals surface area (Å²) in [5.74, 6) is 0.578. The maximum absolute atomic E-state index is 5.87. The predicted octanol–water partition coefficient (Wildman–Crippen LogP) is 2.99. The summed E-state index contributed by atoms with van der Waals surface area (Å²) in [5.41, 5.74) is 0.905. The van der Waals surface area contributed by atoms with Gasteiger partial charge in [-0.05, 0) is 40.8 Å². The first-order valence-electron chi connectivity index (χ1n) is 3.49. The Bertz CT molecular complexity index is 416. The lowest BCUT2D eigenvalue weighted by atomic mass is 10.2. The normalized spacial score (nSPS) is 10.3. The van der Waals surface area contributed by atoms with E-state index in [1.807, 2.05) is 18.2 Å². The quantitative estimate of drug-likeness (QED) is 0.760. The van der Waals surface area contributed by atoms with Crippen molar-refractivity contribution in [2.75, 3.05) is 0 Å². The molecule has 0 N–H and O–H groups in total. The van der Waals surface area contributed by atoms with E-state index in [-0.39, 0.29) is 0 Å². The molecule has 0 saturated heterocycles. The highest BCUT2D eigenvalue weighted by molar-refractivity contribution is 14.1. The van der Waals surface area contributed by atoms with Crippen LogP contribution in [0.3, 0.4) is 0 Å². The van der Waals surface area contributed by atoms with E-state index < -0.39 is 0 Å². The zero-order chi connectivity index (χ0) is 9.26. The molecule has 0 aliphatic rings. The summed E-state index contributed by atoms with van der Waals surface area (Å²) in [5, 5.41) is 4.45. The summed E-state index contributed by atoms with van der Waals surface area (Å²) < 4.78 is 5.62. The molecule has 1 aromatic heterocycles. The topological polar surface area (TPSA) is 38.9 Å². The summed E-state index contributed by atoms with van der Waals surface area (Å²) in [4.78, 5) is 3.93. The molecule has 0 radical (unpaired) electrons. The Morgan fingerprint density at radius 2 is 2.23 bits per heavy atom. The van der Waals surface area contributed by atoms with Gasteiger partial charge in [-0.25, -0.2) is 0 Å². The van der Waals surface area contributed by atoms with Crippen molar-refractivity contribution in [1.29, 1.82) is 0 Å². The molecule has 0 atom stereocenters. The minimum atomic E-state index is 0.578. The number of nitrogens with zero attached hydrogens (tertiary/aromatic N) is 2. The predicted molar refractivity (Wildman–Crippen MR) is 57.5 cm³/mol. The number of halogens is 2. The van der Waals surface area contributed by atoms with E-state index in [0.717, 1.165) is 14.2 Å². The number of benzene rings is 1. The fourth-order valence-electron chi connectivity index (χ4n) is 0.933. The van der Waals surface area contributed by atoms with E-state index >= 15 is 0 Å². The van der Waals surface area contributed by atoms with Crippen LogP contribution in [0.4, 0.5) is 0 Å². The van der Waals surface area contributed by atoms with Gasteiger partial charge in [-0.3, -0.25) is 0 Å². The average molecular weight is 306 g/mol. The Hall–Kier alpha value is -0.620. The van der Waals surface area contributed by atoms with Crippen LogP contribution in [0.1, 0.15) is 0 Å². The summed E-state index contributed by atoms with van der Waals surface area (Å²) in [6.45, 7) is 0. The minimum Gasteiger partial charge on any atom is -0.342 e. The van der Waals surface area contributed by atoms with Gasteiger partial charge >= 0.3 is 0 Å². The molecule has 2 rings (SSSR count). The van der Waals surface area contributed by atoms with E-state index in [0.29, 0.717) is 5.82 Å². The van der Waals surface area contributed by atoms with Crippen LogP contribution in [0.2, 0.25) is 5.02 Å². The molecule has 66 valence electrons. The molecule has 3 nitrogen and oxygen atoms in total. The lowest BCUT2D eigenvalue weighted by Gasteiger charge is -1.97. The molecule has 0 bridgehead atoms. The molecular weight excluding hydrogens is 302 g/mol. The van der Waals surface area contributed by atoms with Gasteiger partial charge in [0.1, 0.15) is 0 Å². The largest absolute Gasteiger partial charge is 0.342 e. The summed E-state index contributed by atoms with van der Waals surface area (Å²) >= 11 is 8.03. The zero-order valence-corrected chi connectivity index (χ0v) is 9.28. The SMILES string of the molecule is Clc1ccc(-c2ncon2)cc1I. The van der Waals surface area contributed by atoms with E-state index in [1.54, 1.807) is 0 Å². The van der Waals surface area contributed by atoms with Crippen LogP contribution in [0.15, 0.2) is 29.1 Å². The summed E-state index contributed by atoms with van der Waals surface area (Å²) in [7, 11) is 0. The first kappa shape index (κ1) is 8.96. The van der Waals surface area contributed by atoms with Crippen LogP contribution < -0.4 is 0 Å². The molecule has 0 amide bonds. The van der Waals surface area contributed by atoms with Crippen molar-refractivity contribution in [3.63, 3.8) is 0 Å². The Labute approximate surface area is 93.2 Å². The van der Waals surface area contributed by atoms with Crippen LogP contribution in [0.25, 0.3) is 11.4 Å². The molecule has 0 saturated carbocycles. The van der Waals surface area contributed by atoms with Crippen molar-refractivity contribution < 1.29 is 4.52 Å². The Morgan fingerprint density at radius 3 is 2.85 bits per heavy atom. The third-order valence-electron chi connectivity index (χ3n) is 1.54. The lowest BCUT2D eigenvalue weighted by Crippen LogP contribution is -1.82. The molecular formula is C8H4ClIN2O. The summed E-state index contributed by atoms with van der Waals surface area (Å²) in [6.07, 6.45) is 1.30. The molecule has 0 aliphatic carbocycles. The molecule has 13 heavy (non-hydrogen) atoms. The van der Waals surface area contributed by atoms with Crippen molar-refractivity contribution in [1.82, 2.24) is 10.1 Å². The minimum absolute atomic E-state index is 0.578. The number of aromatic nitrogens is 2. The molecule has 0 unspecified atom stereocenters. The lowest BCUT2D eigenvalue weighted by molar-refractivity contribution is 0.419. The number of rotatable bonds is 1. The molecule has 1 heterocycles. The highest BCUT2D eigenvalue weighted by Gasteiger charge is 2.04. The van der Waals surface area contributed by atoms with Gasteiger partial charge in [0, 0.05) is 9.13 Å². The maximum atomic E-state index is 5.87. The van der Waals surface area contributed by atoms with Crippen molar-refractivity contribution in [3.05, 3.63) is 33.2 Å². The van der Waals surface area contributed by atoms with Crippen LogP contribution in [-0.4, -0.2) is 10.1 Å².